The van der Waals surface area contributed by atoms with E-state index in [-0.39, 0.29) is 33.8 Å². The Balaban J connectivity index is 0.937. The lowest BCUT2D eigenvalue weighted by Gasteiger charge is -2.40. The lowest BCUT2D eigenvalue weighted by Crippen LogP contribution is -2.42. The molecule has 0 saturated heterocycles. The Morgan fingerprint density at radius 1 is 0.576 bits per heavy atom. The molecule has 0 aromatic heterocycles. The third-order valence-corrected chi connectivity index (χ3v) is 17.3. The van der Waals surface area contributed by atoms with Gasteiger partial charge >= 0.3 is 0 Å². The molecule has 1 heterocycles. The summed E-state index contributed by atoms with van der Waals surface area (Å²) < 4.78 is 28.0. The van der Waals surface area contributed by atoms with Gasteiger partial charge in [0, 0.05) is 41.5 Å². The molecule has 4 N–H and O–H groups in total. The van der Waals surface area contributed by atoms with Gasteiger partial charge in [0.15, 0.2) is 9.84 Å². The molecule has 0 unspecified atom stereocenters. The number of aliphatic hydroxyl groups is 2. The summed E-state index contributed by atoms with van der Waals surface area (Å²) in [7, 11) is -3.71. The second-order valence-electron chi connectivity index (χ2n) is 19.7. The molecule has 0 spiro atoms. The van der Waals surface area contributed by atoms with Crippen LogP contribution in [0.15, 0.2) is 102 Å². The SMILES string of the molecule is CCCC[C@]1(CC)CCc2ccc(NC(=O)CCCCCCCCCCC(=O)Nc3ccc4c(c3)[C@@H](c3ccccc3)[C@@H](O)[C@](CC)(CCCC)CS4(=O)=O)cc2[C@@H](c2ccccc2)[C@H]1O. The van der Waals surface area contributed by atoms with E-state index in [9.17, 15) is 28.2 Å². The normalized spacial score (nSPS) is 23.5. The van der Waals surface area contributed by atoms with Gasteiger partial charge in [-0.1, -0.05) is 159 Å². The number of anilines is 2. The van der Waals surface area contributed by atoms with E-state index in [4.69, 9.17) is 0 Å². The number of rotatable bonds is 23. The Bertz CT molecular complexity index is 2280. The van der Waals surface area contributed by atoms with Gasteiger partial charge in [-0.25, -0.2) is 8.42 Å². The average molecular weight is 919 g/mol. The average Bonchev–Trinajstić information content (AvgIpc) is 3.48. The zero-order valence-corrected chi connectivity index (χ0v) is 41.1. The van der Waals surface area contributed by atoms with Gasteiger partial charge in [0.25, 0.3) is 0 Å². The Labute approximate surface area is 396 Å². The van der Waals surface area contributed by atoms with Crippen LogP contribution in [0.2, 0.25) is 0 Å². The topological polar surface area (TPSA) is 133 Å². The van der Waals surface area contributed by atoms with Crippen molar-refractivity contribution in [2.75, 3.05) is 16.4 Å². The number of hydrogen-bond donors (Lipinski definition) is 4. The largest absolute Gasteiger partial charge is 0.392 e. The van der Waals surface area contributed by atoms with Crippen LogP contribution in [-0.4, -0.2) is 48.4 Å². The van der Waals surface area contributed by atoms with Crippen LogP contribution in [0, 0.1) is 10.8 Å². The van der Waals surface area contributed by atoms with Gasteiger partial charge < -0.3 is 20.8 Å². The summed E-state index contributed by atoms with van der Waals surface area (Å²) in [6.45, 7) is 8.51. The van der Waals surface area contributed by atoms with E-state index in [1.54, 1.807) is 18.2 Å². The molecule has 0 saturated carbocycles. The molecule has 0 bridgehead atoms. The van der Waals surface area contributed by atoms with E-state index in [2.05, 4.69) is 67.8 Å². The number of unbranched alkanes of at least 4 members (excludes halogenated alkanes) is 9. The van der Waals surface area contributed by atoms with E-state index in [1.165, 1.54) is 5.56 Å². The van der Waals surface area contributed by atoms with E-state index >= 15 is 0 Å². The highest BCUT2D eigenvalue weighted by Crippen LogP contribution is 2.51. The fourth-order valence-electron chi connectivity index (χ4n) is 11.2. The lowest BCUT2D eigenvalue weighted by atomic mass is 9.67. The molecule has 6 atom stereocenters. The second kappa shape index (κ2) is 24.1. The van der Waals surface area contributed by atoms with Gasteiger partial charge in [0.1, 0.15) is 0 Å². The maximum Gasteiger partial charge on any atom is 0.224 e. The molecule has 1 aliphatic heterocycles. The molecule has 66 heavy (non-hydrogen) atoms. The van der Waals surface area contributed by atoms with Gasteiger partial charge in [-0.3, -0.25) is 9.59 Å². The molecule has 2 aliphatic rings. The number of sulfone groups is 1. The van der Waals surface area contributed by atoms with E-state index in [1.807, 2.05) is 49.4 Å². The summed E-state index contributed by atoms with van der Waals surface area (Å²) >= 11 is 0. The first-order valence-electron chi connectivity index (χ1n) is 25.5. The number of nitrogens with one attached hydrogen (secondary N) is 2. The van der Waals surface area contributed by atoms with E-state index in [0.29, 0.717) is 36.9 Å². The first-order valence-corrected chi connectivity index (χ1v) is 27.1. The summed E-state index contributed by atoms with van der Waals surface area (Å²) in [5, 5.41) is 30.5. The van der Waals surface area contributed by atoms with Gasteiger partial charge in [-0.2, -0.15) is 0 Å². The van der Waals surface area contributed by atoms with Crippen molar-refractivity contribution in [3.63, 3.8) is 0 Å². The maximum atomic E-state index is 14.0. The summed E-state index contributed by atoms with van der Waals surface area (Å²) in [4.78, 5) is 26.5. The van der Waals surface area contributed by atoms with Crippen LogP contribution in [0.4, 0.5) is 11.4 Å². The molecular formula is C57H78N2O6S. The maximum absolute atomic E-state index is 14.0. The number of hydrogen-bond acceptors (Lipinski definition) is 6. The molecule has 9 heteroatoms. The minimum absolute atomic E-state index is 0.0231. The molecule has 1 aliphatic carbocycles. The Hall–Kier alpha value is -4.31. The fraction of sp³-hybridized carbons (Fsp3) is 0.544. The summed E-state index contributed by atoms with van der Waals surface area (Å²) in [5.74, 6) is -0.874. The molecule has 2 amide bonds. The zero-order chi connectivity index (χ0) is 47.2. The first-order chi connectivity index (χ1) is 31.9. The third kappa shape index (κ3) is 12.4. The van der Waals surface area contributed by atoms with Crippen molar-refractivity contribution in [2.45, 2.75) is 185 Å². The quantitative estimate of drug-likeness (QED) is 0.0433. The van der Waals surface area contributed by atoms with Crippen LogP contribution in [0.25, 0.3) is 0 Å². The van der Waals surface area contributed by atoms with E-state index in [0.717, 1.165) is 125 Å². The first kappa shape index (κ1) is 51.1. The molecule has 6 rings (SSSR count). The number of fused-ring (bicyclic) bond motifs is 2. The van der Waals surface area contributed by atoms with Gasteiger partial charge in [-0.15, -0.1) is 0 Å². The highest BCUT2D eigenvalue weighted by molar-refractivity contribution is 7.91. The highest BCUT2D eigenvalue weighted by atomic mass is 32.2. The van der Waals surface area contributed by atoms with Crippen molar-refractivity contribution in [2.24, 2.45) is 10.8 Å². The Kier molecular flexibility index (Phi) is 18.7. The Morgan fingerprint density at radius 2 is 1.03 bits per heavy atom. The number of carbonyl (C=O) groups excluding carboxylic acids is 2. The van der Waals surface area contributed by atoms with Gasteiger partial charge in [0.2, 0.25) is 11.8 Å². The van der Waals surface area contributed by atoms with Crippen molar-refractivity contribution >= 4 is 33.0 Å². The smallest absolute Gasteiger partial charge is 0.224 e. The van der Waals surface area contributed by atoms with Crippen LogP contribution in [-0.2, 0) is 25.8 Å². The number of aryl methyl sites for hydroxylation is 1. The van der Waals surface area contributed by atoms with E-state index < -0.39 is 33.4 Å². The molecule has 0 radical (unpaired) electrons. The monoisotopic (exact) mass is 919 g/mol. The Morgan fingerprint density at radius 3 is 1.55 bits per heavy atom. The fourth-order valence-corrected chi connectivity index (χ4v) is 13.4. The predicted molar refractivity (Wildman–Crippen MR) is 270 cm³/mol. The van der Waals surface area contributed by atoms with Crippen molar-refractivity contribution in [3.8, 4) is 0 Å². The summed E-state index contributed by atoms with van der Waals surface area (Å²) in [6, 6.07) is 31.4. The molecule has 4 aromatic carbocycles. The number of aliphatic hydroxyl groups excluding tert-OH is 2. The number of benzene rings is 4. The van der Waals surface area contributed by atoms with Crippen molar-refractivity contribution in [3.05, 3.63) is 125 Å². The number of carbonyl (C=O) groups is 2. The predicted octanol–water partition coefficient (Wildman–Crippen LogP) is 13.1. The van der Waals surface area contributed by atoms with Crippen LogP contribution in [0.1, 0.15) is 189 Å². The van der Waals surface area contributed by atoms with Crippen molar-refractivity contribution in [1.82, 2.24) is 0 Å². The molecule has 8 nitrogen and oxygen atoms in total. The van der Waals surface area contributed by atoms with Gasteiger partial charge in [-0.05, 0) is 115 Å². The van der Waals surface area contributed by atoms with Crippen LogP contribution in [0.5, 0.6) is 0 Å². The molecule has 4 aromatic rings. The summed E-state index contributed by atoms with van der Waals surface area (Å²) in [5.41, 5.74) is 5.33. The zero-order valence-electron chi connectivity index (χ0n) is 40.3. The second-order valence-corrected chi connectivity index (χ2v) is 21.6. The lowest BCUT2D eigenvalue weighted by molar-refractivity contribution is -0.117. The van der Waals surface area contributed by atoms with Crippen LogP contribution in [0.3, 0.4) is 0 Å². The highest BCUT2D eigenvalue weighted by Gasteiger charge is 2.49. The summed E-state index contributed by atoms with van der Waals surface area (Å²) in [6.07, 6.45) is 16.2. The van der Waals surface area contributed by atoms with Crippen LogP contribution < -0.4 is 10.6 Å². The number of amides is 2. The minimum Gasteiger partial charge on any atom is -0.392 e. The van der Waals surface area contributed by atoms with Gasteiger partial charge in [0.05, 0.1) is 22.9 Å². The molecular weight excluding hydrogens is 841 g/mol. The van der Waals surface area contributed by atoms with Crippen LogP contribution >= 0.6 is 0 Å². The van der Waals surface area contributed by atoms with Crippen molar-refractivity contribution in [1.29, 1.82) is 0 Å². The van der Waals surface area contributed by atoms with Crippen molar-refractivity contribution < 1.29 is 28.2 Å². The third-order valence-electron chi connectivity index (χ3n) is 15.3. The standard InChI is InChI=1S/C57H78N2O6S/c1-5-9-36-56(7-3)38-35-42-31-32-45(39-47(42)52(54(56)62)43-25-19-17-20-26-43)58-50(60)29-23-15-13-11-12-14-16-24-30-51(61)59-46-33-34-49-48(40-46)53(44-27-21-18-22-28-44)55(63)57(8-4,37-10-6-2)41-66(49,64)65/h17-22,25-28,31-34,39-40,52-55,62-63H,5-16,23-24,29-30,35-38,41H2,1-4H3,(H,58,60)(H,59,61)/t52-,53-,54-,55-,56-,57-/m1/s1. The molecule has 358 valence electrons. The minimum atomic E-state index is -3.71. The molecule has 0 fully saturated rings.